The first kappa shape index (κ1) is 21.2. The van der Waals surface area contributed by atoms with Gasteiger partial charge in [-0.05, 0) is 62.5 Å². The second-order valence-electron chi connectivity index (χ2n) is 7.88. The molecule has 1 aromatic heterocycles. The number of carbonyl (C=O) groups is 1. The maximum Gasteiger partial charge on any atom is 0.315 e. The number of likely N-dealkylation sites (tertiary alicyclic amines) is 1. The molecule has 1 aliphatic rings. The van der Waals surface area contributed by atoms with Crippen molar-refractivity contribution in [1.82, 2.24) is 25.1 Å². The van der Waals surface area contributed by atoms with Crippen molar-refractivity contribution >= 4 is 6.03 Å². The van der Waals surface area contributed by atoms with E-state index in [4.69, 9.17) is 4.74 Å². The van der Waals surface area contributed by atoms with E-state index in [-0.39, 0.29) is 12.1 Å². The highest BCUT2D eigenvalue weighted by atomic mass is 16.5. The van der Waals surface area contributed by atoms with Crippen LogP contribution in [0.25, 0.3) is 0 Å². The number of nitrogens with one attached hydrogen (secondary N) is 2. The number of benzene rings is 1. The predicted octanol–water partition coefficient (Wildman–Crippen LogP) is 2.94. The Morgan fingerprint density at radius 2 is 2.14 bits per heavy atom. The smallest absolute Gasteiger partial charge is 0.315 e. The summed E-state index contributed by atoms with van der Waals surface area (Å²) in [5.41, 5.74) is 0.927. The summed E-state index contributed by atoms with van der Waals surface area (Å²) in [6.07, 6.45) is 7.12. The third-order valence-electron chi connectivity index (χ3n) is 5.63. The maximum absolute atomic E-state index is 12.6. The number of piperidine rings is 1. The number of hydrogen-bond donors (Lipinski definition) is 2. The van der Waals surface area contributed by atoms with E-state index in [0.29, 0.717) is 6.54 Å². The van der Waals surface area contributed by atoms with Crippen LogP contribution in [0.2, 0.25) is 0 Å². The van der Waals surface area contributed by atoms with Crippen LogP contribution in [0, 0.1) is 5.92 Å². The van der Waals surface area contributed by atoms with Gasteiger partial charge in [-0.15, -0.1) is 0 Å². The standard InChI is InChI=1S/C22H33N5O2/c1-17-8-13-27(14-9-17)12-5-10-24-22(28)25-20(21-23-11-15-26(21)2)18-6-4-7-19(16-18)29-3/h4,6-7,11,15-17,20H,5,8-10,12-14H2,1-3H3,(H2,24,25,28). The molecular weight excluding hydrogens is 366 g/mol. The number of urea groups is 1. The molecule has 2 N–H and O–H groups in total. The third kappa shape index (κ3) is 5.97. The molecule has 0 radical (unpaired) electrons. The molecule has 7 heteroatoms. The highest BCUT2D eigenvalue weighted by molar-refractivity contribution is 5.74. The van der Waals surface area contributed by atoms with E-state index in [1.807, 2.05) is 42.1 Å². The molecule has 1 aromatic carbocycles. The molecule has 158 valence electrons. The quantitative estimate of drug-likeness (QED) is 0.670. The molecule has 1 unspecified atom stereocenters. The Morgan fingerprint density at radius 3 is 2.83 bits per heavy atom. The van der Waals surface area contributed by atoms with Gasteiger partial charge < -0.3 is 24.8 Å². The number of rotatable bonds is 8. The lowest BCUT2D eigenvalue weighted by molar-refractivity contribution is 0.190. The zero-order chi connectivity index (χ0) is 20.6. The molecule has 0 aliphatic carbocycles. The molecule has 0 saturated carbocycles. The Labute approximate surface area is 173 Å². The molecule has 2 amide bonds. The summed E-state index contributed by atoms with van der Waals surface area (Å²) < 4.78 is 7.26. The lowest BCUT2D eigenvalue weighted by Crippen LogP contribution is -2.41. The normalized spacial score (nSPS) is 16.4. The van der Waals surface area contributed by atoms with Crippen molar-refractivity contribution < 1.29 is 9.53 Å². The predicted molar refractivity (Wildman–Crippen MR) is 114 cm³/mol. The topological polar surface area (TPSA) is 71.4 Å². The van der Waals surface area contributed by atoms with E-state index in [1.54, 1.807) is 13.3 Å². The number of hydrogen-bond acceptors (Lipinski definition) is 4. The number of amides is 2. The lowest BCUT2D eigenvalue weighted by atomic mass is 9.99. The van der Waals surface area contributed by atoms with E-state index in [2.05, 4.69) is 27.4 Å². The Bertz CT molecular complexity index is 783. The van der Waals surface area contributed by atoms with E-state index >= 15 is 0 Å². The van der Waals surface area contributed by atoms with Crippen LogP contribution in [0.3, 0.4) is 0 Å². The Morgan fingerprint density at radius 1 is 1.34 bits per heavy atom. The van der Waals surface area contributed by atoms with Gasteiger partial charge in [-0.1, -0.05) is 19.1 Å². The van der Waals surface area contributed by atoms with Crippen molar-refractivity contribution in [2.24, 2.45) is 13.0 Å². The summed E-state index contributed by atoms with van der Waals surface area (Å²) >= 11 is 0. The fraction of sp³-hybridized carbons (Fsp3) is 0.545. The number of aromatic nitrogens is 2. The van der Waals surface area contributed by atoms with Crippen LogP contribution in [0.5, 0.6) is 5.75 Å². The van der Waals surface area contributed by atoms with Crippen LogP contribution < -0.4 is 15.4 Å². The summed E-state index contributed by atoms with van der Waals surface area (Å²) in [4.78, 5) is 19.5. The van der Waals surface area contributed by atoms with Gasteiger partial charge in [0.2, 0.25) is 0 Å². The van der Waals surface area contributed by atoms with Gasteiger partial charge in [-0.3, -0.25) is 0 Å². The molecule has 2 heterocycles. The number of methoxy groups -OCH3 is 1. The first-order valence-electron chi connectivity index (χ1n) is 10.4. The largest absolute Gasteiger partial charge is 0.497 e. The molecule has 7 nitrogen and oxygen atoms in total. The third-order valence-corrected chi connectivity index (χ3v) is 5.63. The Kier molecular flexibility index (Phi) is 7.52. The van der Waals surface area contributed by atoms with Gasteiger partial charge in [0.1, 0.15) is 17.6 Å². The molecular formula is C22H33N5O2. The minimum absolute atomic E-state index is 0.187. The second-order valence-corrected chi connectivity index (χ2v) is 7.88. The molecule has 1 aliphatic heterocycles. The zero-order valence-electron chi connectivity index (χ0n) is 17.7. The monoisotopic (exact) mass is 399 g/mol. The van der Waals surface area contributed by atoms with E-state index < -0.39 is 0 Å². The van der Waals surface area contributed by atoms with Crippen LogP contribution in [-0.2, 0) is 7.05 Å². The number of nitrogens with zero attached hydrogens (tertiary/aromatic N) is 3. The van der Waals surface area contributed by atoms with Crippen molar-refractivity contribution in [3.63, 3.8) is 0 Å². The first-order valence-corrected chi connectivity index (χ1v) is 10.4. The van der Waals surface area contributed by atoms with Crippen molar-refractivity contribution in [1.29, 1.82) is 0 Å². The molecule has 1 fully saturated rings. The molecule has 1 atom stereocenters. The van der Waals surface area contributed by atoms with Gasteiger partial charge >= 0.3 is 6.03 Å². The zero-order valence-corrected chi connectivity index (χ0v) is 17.7. The summed E-state index contributed by atoms with van der Waals surface area (Å²) in [6.45, 7) is 6.35. The van der Waals surface area contributed by atoms with Gasteiger partial charge in [0, 0.05) is 26.0 Å². The average molecular weight is 400 g/mol. The summed E-state index contributed by atoms with van der Waals surface area (Å²) in [5.74, 6) is 2.37. The molecule has 29 heavy (non-hydrogen) atoms. The Hall–Kier alpha value is -2.54. The highest BCUT2D eigenvalue weighted by Gasteiger charge is 2.21. The SMILES string of the molecule is COc1cccc(C(NC(=O)NCCCN2CCC(C)CC2)c2nccn2C)c1. The second kappa shape index (κ2) is 10.3. The van der Waals surface area contributed by atoms with Gasteiger partial charge in [-0.25, -0.2) is 9.78 Å². The van der Waals surface area contributed by atoms with Gasteiger partial charge in [0.25, 0.3) is 0 Å². The molecule has 1 saturated heterocycles. The highest BCUT2D eigenvalue weighted by Crippen LogP contribution is 2.24. The number of imidazole rings is 1. The number of carbonyl (C=O) groups excluding carboxylic acids is 1. The fourth-order valence-corrected chi connectivity index (χ4v) is 3.75. The molecule has 0 bridgehead atoms. The first-order chi connectivity index (χ1) is 14.1. The minimum atomic E-state index is -0.353. The van der Waals surface area contributed by atoms with Crippen molar-refractivity contribution in [3.05, 3.63) is 48.0 Å². The van der Waals surface area contributed by atoms with Gasteiger partial charge in [-0.2, -0.15) is 0 Å². The van der Waals surface area contributed by atoms with Crippen molar-refractivity contribution in [2.45, 2.75) is 32.2 Å². The summed E-state index contributed by atoms with van der Waals surface area (Å²) in [5, 5.41) is 6.07. The van der Waals surface area contributed by atoms with E-state index in [1.165, 1.54) is 25.9 Å². The summed E-state index contributed by atoms with van der Waals surface area (Å²) in [6, 6.07) is 7.17. The van der Waals surface area contributed by atoms with Crippen molar-refractivity contribution in [3.8, 4) is 5.75 Å². The van der Waals surface area contributed by atoms with E-state index in [9.17, 15) is 4.79 Å². The van der Waals surface area contributed by atoms with Crippen molar-refractivity contribution in [2.75, 3.05) is 33.3 Å². The minimum Gasteiger partial charge on any atom is -0.497 e. The van der Waals surface area contributed by atoms with Crippen LogP contribution in [0.4, 0.5) is 4.79 Å². The van der Waals surface area contributed by atoms with Crippen LogP contribution in [-0.4, -0.2) is 53.8 Å². The Balaban J connectivity index is 1.55. The number of aryl methyl sites for hydroxylation is 1. The number of ether oxygens (including phenoxy) is 1. The van der Waals surface area contributed by atoms with Gasteiger partial charge in [0.05, 0.1) is 7.11 Å². The van der Waals surface area contributed by atoms with Crippen LogP contribution >= 0.6 is 0 Å². The maximum atomic E-state index is 12.6. The van der Waals surface area contributed by atoms with E-state index in [0.717, 1.165) is 36.0 Å². The fourth-order valence-electron chi connectivity index (χ4n) is 3.75. The van der Waals surface area contributed by atoms with Gasteiger partial charge in [0.15, 0.2) is 0 Å². The van der Waals surface area contributed by atoms with Crippen LogP contribution in [0.15, 0.2) is 36.7 Å². The molecule has 3 rings (SSSR count). The summed E-state index contributed by atoms with van der Waals surface area (Å²) in [7, 11) is 3.56. The molecule has 0 spiro atoms. The average Bonchev–Trinajstić information content (AvgIpc) is 3.16. The van der Waals surface area contributed by atoms with Crippen LogP contribution in [0.1, 0.15) is 43.6 Å². The lowest BCUT2D eigenvalue weighted by Gasteiger charge is -2.30. The molecule has 2 aromatic rings.